The van der Waals surface area contributed by atoms with Crippen LogP contribution in [-0.2, 0) is 19.1 Å². The van der Waals surface area contributed by atoms with E-state index in [0.717, 1.165) is 12.8 Å². The Kier molecular flexibility index (Phi) is 11.9. The van der Waals surface area contributed by atoms with Crippen molar-refractivity contribution in [3.63, 3.8) is 0 Å². The number of allylic oxidation sites excluding steroid dienone is 1. The molecule has 0 saturated carbocycles. The van der Waals surface area contributed by atoms with Crippen LogP contribution in [-0.4, -0.2) is 36.4 Å². The molecule has 1 rings (SSSR count). The Morgan fingerprint density at radius 3 is 2.42 bits per heavy atom. The lowest BCUT2D eigenvalue weighted by Gasteiger charge is -2.11. The second kappa shape index (κ2) is 12.8. The summed E-state index contributed by atoms with van der Waals surface area (Å²) in [5.41, 5.74) is 0.903. The number of ether oxygens (including phenoxy) is 2. The van der Waals surface area contributed by atoms with Gasteiger partial charge in [0.1, 0.15) is 12.7 Å². The zero-order chi connectivity index (χ0) is 18.5. The average molecular weight is 340 g/mol. The highest BCUT2D eigenvalue weighted by atomic mass is 16.6. The minimum Gasteiger partial charge on any atom is -0.478 e. The van der Waals surface area contributed by atoms with Crippen LogP contribution in [0.25, 0.3) is 0 Å². The van der Waals surface area contributed by atoms with Crippen LogP contribution in [0.5, 0.6) is 0 Å². The fourth-order valence-electron chi connectivity index (χ4n) is 1.87. The largest absolute Gasteiger partial charge is 0.478 e. The maximum absolute atomic E-state index is 10.7. The zero-order valence-corrected chi connectivity index (χ0v) is 15.5. The second-order valence-electron chi connectivity index (χ2n) is 6.18. The summed E-state index contributed by atoms with van der Waals surface area (Å²) in [6, 6.07) is 0. The molecule has 1 fully saturated rings. The summed E-state index contributed by atoms with van der Waals surface area (Å²) in [5, 5.41) is 8.68. The standard InChI is InChI=1S/C12H22O2.C7H10O3/c1-4-6-7-11(5-2)9-8-10(3)12(13)14;1-5(2)7(8)10-4-6-3-9-6/h8,11H,4-7,9H2,1-3H3,(H,13,14);6H,1,3-4H2,2H3. The number of hydrogen-bond acceptors (Lipinski definition) is 4. The number of carboxylic acid groups (broad SMARTS) is 1. The fourth-order valence-corrected chi connectivity index (χ4v) is 1.87. The maximum Gasteiger partial charge on any atom is 0.333 e. The molecule has 5 heteroatoms. The van der Waals surface area contributed by atoms with E-state index in [1.165, 1.54) is 19.3 Å². The summed E-state index contributed by atoms with van der Waals surface area (Å²) in [6.45, 7) is 12.2. The first-order valence-electron chi connectivity index (χ1n) is 8.65. The highest BCUT2D eigenvalue weighted by Crippen LogP contribution is 2.17. The zero-order valence-electron chi connectivity index (χ0n) is 15.5. The van der Waals surface area contributed by atoms with Crippen molar-refractivity contribution in [2.75, 3.05) is 13.2 Å². The van der Waals surface area contributed by atoms with Gasteiger partial charge in [-0.1, -0.05) is 52.2 Å². The van der Waals surface area contributed by atoms with Crippen molar-refractivity contribution in [3.8, 4) is 0 Å². The number of epoxide rings is 1. The number of aliphatic carboxylic acids is 1. The number of unbranched alkanes of at least 4 members (excludes halogenated alkanes) is 1. The van der Waals surface area contributed by atoms with Gasteiger partial charge in [-0.05, 0) is 26.2 Å². The molecule has 0 aromatic rings. The van der Waals surface area contributed by atoms with Gasteiger partial charge in [-0.3, -0.25) is 0 Å². The highest BCUT2D eigenvalue weighted by molar-refractivity contribution is 5.87. The van der Waals surface area contributed by atoms with Gasteiger partial charge in [-0.25, -0.2) is 9.59 Å². The predicted octanol–water partition coefficient (Wildman–Crippen LogP) is 4.13. The molecule has 2 atom stereocenters. The Bertz CT molecular complexity index is 435. The van der Waals surface area contributed by atoms with Crippen LogP contribution in [0.15, 0.2) is 23.8 Å². The molecule has 1 aliphatic heterocycles. The topological polar surface area (TPSA) is 76.1 Å². The molecule has 0 amide bonds. The van der Waals surface area contributed by atoms with Crippen LogP contribution in [0.3, 0.4) is 0 Å². The highest BCUT2D eigenvalue weighted by Gasteiger charge is 2.24. The van der Waals surface area contributed by atoms with E-state index in [-0.39, 0.29) is 12.1 Å². The maximum atomic E-state index is 10.7. The smallest absolute Gasteiger partial charge is 0.333 e. The summed E-state index contributed by atoms with van der Waals surface area (Å²) in [5.74, 6) is -0.477. The molecule has 0 aliphatic carbocycles. The molecule has 0 bridgehead atoms. The van der Waals surface area contributed by atoms with E-state index in [1.807, 2.05) is 6.08 Å². The number of carbonyl (C=O) groups excluding carboxylic acids is 1. The second-order valence-corrected chi connectivity index (χ2v) is 6.18. The number of rotatable bonds is 10. The molecule has 5 nitrogen and oxygen atoms in total. The molecule has 1 saturated heterocycles. The van der Waals surface area contributed by atoms with Crippen molar-refractivity contribution in [3.05, 3.63) is 23.8 Å². The minimum absolute atomic E-state index is 0.142. The van der Waals surface area contributed by atoms with Gasteiger partial charge in [-0.15, -0.1) is 0 Å². The van der Waals surface area contributed by atoms with Gasteiger partial charge in [-0.2, -0.15) is 0 Å². The van der Waals surface area contributed by atoms with E-state index in [2.05, 4.69) is 20.4 Å². The number of carbonyl (C=O) groups is 2. The van der Waals surface area contributed by atoms with Gasteiger partial charge < -0.3 is 14.6 Å². The molecule has 0 aromatic carbocycles. The molecule has 2 unspecified atom stereocenters. The van der Waals surface area contributed by atoms with E-state index in [4.69, 9.17) is 14.6 Å². The van der Waals surface area contributed by atoms with Gasteiger partial charge in [0.2, 0.25) is 0 Å². The lowest BCUT2D eigenvalue weighted by atomic mass is 9.95. The van der Waals surface area contributed by atoms with Crippen LogP contribution >= 0.6 is 0 Å². The van der Waals surface area contributed by atoms with Crippen molar-refractivity contribution < 1.29 is 24.2 Å². The van der Waals surface area contributed by atoms with E-state index >= 15 is 0 Å². The van der Waals surface area contributed by atoms with E-state index < -0.39 is 5.97 Å². The van der Waals surface area contributed by atoms with Crippen molar-refractivity contribution in [2.45, 2.75) is 65.9 Å². The van der Waals surface area contributed by atoms with Gasteiger partial charge >= 0.3 is 11.9 Å². The van der Waals surface area contributed by atoms with Crippen molar-refractivity contribution >= 4 is 11.9 Å². The van der Waals surface area contributed by atoms with Crippen LogP contribution in [0.4, 0.5) is 0 Å². The van der Waals surface area contributed by atoms with Gasteiger partial charge in [0.25, 0.3) is 0 Å². The molecule has 1 N–H and O–H groups in total. The Hall–Kier alpha value is -1.62. The summed E-state index contributed by atoms with van der Waals surface area (Å²) in [6.07, 6.45) is 7.74. The van der Waals surface area contributed by atoms with Crippen LogP contribution in [0.2, 0.25) is 0 Å². The Labute approximate surface area is 145 Å². The number of carboxylic acids is 1. The molecule has 0 radical (unpaired) electrons. The molecule has 0 spiro atoms. The van der Waals surface area contributed by atoms with E-state index in [1.54, 1.807) is 13.8 Å². The third kappa shape index (κ3) is 11.9. The first-order valence-corrected chi connectivity index (χ1v) is 8.65. The van der Waals surface area contributed by atoms with Crippen molar-refractivity contribution in [2.24, 2.45) is 5.92 Å². The fraction of sp³-hybridized carbons (Fsp3) is 0.684. The first kappa shape index (κ1) is 22.4. The van der Waals surface area contributed by atoms with Crippen LogP contribution in [0.1, 0.15) is 59.8 Å². The quantitative estimate of drug-likeness (QED) is 0.368. The molecule has 24 heavy (non-hydrogen) atoms. The monoisotopic (exact) mass is 340 g/mol. The molecular formula is C19H32O5. The normalized spacial score (nSPS) is 17.3. The molecule has 138 valence electrons. The summed E-state index contributed by atoms with van der Waals surface area (Å²) in [7, 11) is 0. The third-order valence-corrected chi connectivity index (χ3v) is 3.79. The summed E-state index contributed by atoms with van der Waals surface area (Å²) >= 11 is 0. The summed E-state index contributed by atoms with van der Waals surface area (Å²) in [4.78, 5) is 21.2. The lowest BCUT2D eigenvalue weighted by molar-refractivity contribution is -0.139. The first-order chi connectivity index (χ1) is 11.3. The molecule has 1 heterocycles. The van der Waals surface area contributed by atoms with Crippen molar-refractivity contribution in [1.82, 2.24) is 0 Å². The number of hydrogen-bond donors (Lipinski definition) is 1. The molecular weight excluding hydrogens is 308 g/mol. The van der Waals surface area contributed by atoms with E-state index in [0.29, 0.717) is 30.3 Å². The lowest BCUT2D eigenvalue weighted by Crippen LogP contribution is -2.09. The van der Waals surface area contributed by atoms with Gasteiger partial charge in [0.05, 0.1) is 6.61 Å². The SMILES string of the molecule is C=C(C)C(=O)OCC1CO1.CCCCC(CC)CC=C(C)C(=O)O. The predicted molar refractivity (Wildman–Crippen MR) is 94.8 cm³/mol. The van der Waals surface area contributed by atoms with Gasteiger partial charge in [0, 0.05) is 11.1 Å². The average Bonchev–Trinajstić information content (AvgIpc) is 3.37. The molecule has 1 aliphatic rings. The molecule has 0 aromatic heterocycles. The van der Waals surface area contributed by atoms with Gasteiger partial charge in [0.15, 0.2) is 0 Å². The van der Waals surface area contributed by atoms with Crippen molar-refractivity contribution in [1.29, 1.82) is 0 Å². The Morgan fingerprint density at radius 1 is 1.38 bits per heavy atom. The Morgan fingerprint density at radius 2 is 2.00 bits per heavy atom. The summed E-state index contributed by atoms with van der Waals surface area (Å²) < 4.78 is 9.60. The third-order valence-electron chi connectivity index (χ3n) is 3.79. The van der Waals surface area contributed by atoms with Crippen LogP contribution in [0, 0.1) is 5.92 Å². The van der Waals surface area contributed by atoms with Crippen LogP contribution < -0.4 is 0 Å². The van der Waals surface area contributed by atoms with E-state index in [9.17, 15) is 9.59 Å². The number of esters is 1. The Balaban J connectivity index is 0.000000463. The minimum atomic E-state index is -0.796.